The molecule has 0 aromatic heterocycles. The average molecular weight is 309 g/mol. The molecule has 2 rings (SSSR count). The van der Waals surface area contributed by atoms with Crippen LogP contribution in [0.3, 0.4) is 0 Å². The lowest BCUT2D eigenvalue weighted by atomic mass is 9.82. The van der Waals surface area contributed by atoms with Crippen LogP contribution in [0, 0.1) is 11.3 Å². The fourth-order valence-electron chi connectivity index (χ4n) is 2.55. The topological polar surface area (TPSA) is 56.0 Å². The molecule has 1 saturated carbocycles. The first-order chi connectivity index (χ1) is 8.69. The Kier molecular flexibility index (Phi) is 4.26. The minimum atomic E-state index is -0.252. The van der Waals surface area contributed by atoms with Crippen LogP contribution in [0.5, 0.6) is 0 Å². The van der Waals surface area contributed by atoms with Crippen LogP contribution in [-0.4, -0.2) is 17.3 Å². The SMILES string of the molecule is N#Cc1cc(Br)ccc1NC1(CO)CCCCC1. The molecule has 0 bridgehead atoms. The lowest BCUT2D eigenvalue weighted by Crippen LogP contribution is -2.44. The maximum Gasteiger partial charge on any atom is 0.101 e. The van der Waals surface area contributed by atoms with E-state index in [2.05, 4.69) is 27.3 Å². The molecule has 2 N–H and O–H groups in total. The summed E-state index contributed by atoms with van der Waals surface area (Å²) < 4.78 is 0.895. The average Bonchev–Trinajstić information content (AvgIpc) is 2.42. The van der Waals surface area contributed by atoms with Crippen molar-refractivity contribution >= 4 is 21.6 Å². The summed E-state index contributed by atoms with van der Waals surface area (Å²) >= 11 is 3.36. The van der Waals surface area contributed by atoms with E-state index >= 15 is 0 Å². The maximum atomic E-state index is 9.67. The quantitative estimate of drug-likeness (QED) is 0.899. The first-order valence-corrected chi connectivity index (χ1v) is 7.07. The van der Waals surface area contributed by atoms with Crippen LogP contribution in [0.4, 0.5) is 5.69 Å². The molecule has 1 aromatic rings. The van der Waals surface area contributed by atoms with Crippen LogP contribution < -0.4 is 5.32 Å². The van der Waals surface area contributed by atoms with E-state index in [4.69, 9.17) is 5.26 Å². The highest BCUT2D eigenvalue weighted by molar-refractivity contribution is 9.10. The fraction of sp³-hybridized carbons (Fsp3) is 0.500. The summed E-state index contributed by atoms with van der Waals surface area (Å²) in [5.41, 5.74) is 1.18. The predicted octanol–water partition coefficient (Wildman–Crippen LogP) is 3.43. The van der Waals surface area contributed by atoms with Crippen molar-refractivity contribution in [2.75, 3.05) is 11.9 Å². The second-order valence-corrected chi connectivity index (χ2v) is 5.84. The van der Waals surface area contributed by atoms with Gasteiger partial charge in [0.25, 0.3) is 0 Å². The van der Waals surface area contributed by atoms with E-state index in [0.717, 1.165) is 35.8 Å². The van der Waals surface area contributed by atoms with Gasteiger partial charge in [-0.25, -0.2) is 0 Å². The number of nitrogens with zero attached hydrogens (tertiary/aromatic N) is 1. The standard InChI is InChI=1S/C14H17BrN2O/c15-12-4-5-13(11(8-12)9-16)17-14(10-18)6-2-1-3-7-14/h4-5,8,17-18H,1-3,6-7,10H2. The van der Waals surface area contributed by atoms with Gasteiger partial charge in [0, 0.05) is 4.47 Å². The molecule has 0 atom stereocenters. The Morgan fingerprint density at radius 2 is 2.06 bits per heavy atom. The Balaban J connectivity index is 2.24. The van der Waals surface area contributed by atoms with Crippen molar-refractivity contribution in [2.24, 2.45) is 0 Å². The molecular formula is C14H17BrN2O. The summed E-state index contributed by atoms with van der Waals surface area (Å²) in [6.45, 7) is 0.119. The van der Waals surface area contributed by atoms with Crippen molar-refractivity contribution in [1.29, 1.82) is 5.26 Å². The molecular weight excluding hydrogens is 292 g/mol. The maximum absolute atomic E-state index is 9.67. The molecule has 0 saturated heterocycles. The van der Waals surface area contributed by atoms with E-state index in [-0.39, 0.29) is 12.1 Å². The second kappa shape index (κ2) is 5.73. The van der Waals surface area contributed by atoms with Gasteiger partial charge in [0.1, 0.15) is 6.07 Å². The lowest BCUT2D eigenvalue weighted by Gasteiger charge is -2.37. The Morgan fingerprint density at radius 1 is 1.33 bits per heavy atom. The van der Waals surface area contributed by atoms with Gasteiger partial charge in [0.05, 0.1) is 23.4 Å². The summed E-state index contributed by atoms with van der Waals surface area (Å²) in [5.74, 6) is 0. The van der Waals surface area contributed by atoms with Crippen molar-refractivity contribution < 1.29 is 5.11 Å². The van der Waals surface area contributed by atoms with E-state index in [1.54, 1.807) is 6.07 Å². The Hall–Kier alpha value is -1.05. The number of nitriles is 1. The van der Waals surface area contributed by atoms with E-state index in [1.807, 2.05) is 12.1 Å². The van der Waals surface area contributed by atoms with Gasteiger partial charge in [0.15, 0.2) is 0 Å². The third-order valence-electron chi connectivity index (χ3n) is 3.62. The zero-order valence-corrected chi connectivity index (χ0v) is 11.8. The van der Waals surface area contributed by atoms with Gasteiger partial charge in [-0.05, 0) is 31.0 Å². The summed E-state index contributed by atoms with van der Waals surface area (Å²) in [5, 5.41) is 22.2. The highest BCUT2D eigenvalue weighted by Gasteiger charge is 2.31. The van der Waals surface area contributed by atoms with E-state index in [0.29, 0.717) is 5.56 Å². The summed E-state index contributed by atoms with van der Waals surface area (Å²) in [6.07, 6.45) is 5.42. The molecule has 0 unspecified atom stereocenters. The molecule has 96 valence electrons. The van der Waals surface area contributed by atoms with Crippen molar-refractivity contribution in [3.8, 4) is 6.07 Å². The highest BCUT2D eigenvalue weighted by atomic mass is 79.9. The van der Waals surface area contributed by atoms with Crippen LogP contribution in [0.2, 0.25) is 0 Å². The number of aliphatic hydroxyl groups excluding tert-OH is 1. The molecule has 3 nitrogen and oxygen atoms in total. The monoisotopic (exact) mass is 308 g/mol. The van der Waals surface area contributed by atoms with E-state index in [9.17, 15) is 5.11 Å². The molecule has 1 aliphatic rings. The lowest BCUT2D eigenvalue weighted by molar-refractivity contribution is 0.173. The molecule has 0 aliphatic heterocycles. The molecule has 0 spiro atoms. The number of halogens is 1. The van der Waals surface area contributed by atoms with Crippen molar-refractivity contribution in [1.82, 2.24) is 0 Å². The third kappa shape index (κ3) is 2.85. The summed E-state index contributed by atoms with van der Waals surface area (Å²) in [4.78, 5) is 0. The Morgan fingerprint density at radius 3 is 2.67 bits per heavy atom. The summed E-state index contributed by atoms with van der Waals surface area (Å²) in [7, 11) is 0. The van der Waals surface area contributed by atoms with Crippen LogP contribution in [0.15, 0.2) is 22.7 Å². The fourth-order valence-corrected chi connectivity index (χ4v) is 2.92. The number of rotatable bonds is 3. The van der Waals surface area contributed by atoms with Crippen LogP contribution in [0.25, 0.3) is 0 Å². The van der Waals surface area contributed by atoms with Gasteiger partial charge >= 0.3 is 0 Å². The third-order valence-corrected chi connectivity index (χ3v) is 4.11. The number of benzene rings is 1. The number of hydrogen-bond donors (Lipinski definition) is 2. The van der Waals surface area contributed by atoms with Gasteiger partial charge < -0.3 is 10.4 Å². The van der Waals surface area contributed by atoms with Crippen molar-refractivity contribution in [2.45, 2.75) is 37.6 Å². The highest BCUT2D eigenvalue weighted by Crippen LogP contribution is 2.33. The van der Waals surface area contributed by atoms with Crippen molar-refractivity contribution in [3.63, 3.8) is 0 Å². The van der Waals surface area contributed by atoms with Gasteiger partial charge in [-0.15, -0.1) is 0 Å². The van der Waals surface area contributed by atoms with Gasteiger partial charge in [0.2, 0.25) is 0 Å². The molecule has 1 aliphatic carbocycles. The van der Waals surface area contributed by atoms with Crippen molar-refractivity contribution in [3.05, 3.63) is 28.2 Å². The van der Waals surface area contributed by atoms with Gasteiger partial charge in [-0.1, -0.05) is 35.2 Å². The number of hydrogen-bond acceptors (Lipinski definition) is 3. The number of nitrogens with one attached hydrogen (secondary N) is 1. The molecule has 1 fully saturated rings. The van der Waals surface area contributed by atoms with Crippen LogP contribution in [-0.2, 0) is 0 Å². The van der Waals surface area contributed by atoms with E-state index < -0.39 is 0 Å². The van der Waals surface area contributed by atoms with Crippen LogP contribution >= 0.6 is 15.9 Å². The first-order valence-electron chi connectivity index (χ1n) is 6.28. The minimum absolute atomic E-state index is 0.119. The Labute approximate surface area is 116 Å². The molecule has 0 amide bonds. The van der Waals surface area contributed by atoms with Crippen LogP contribution in [0.1, 0.15) is 37.7 Å². The molecule has 0 radical (unpaired) electrons. The Bertz CT molecular complexity index is 461. The van der Waals surface area contributed by atoms with E-state index in [1.165, 1.54) is 6.42 Å². The van der Waals surface area contributed by atoms with Gasteiger partial charge in [-0.2, -0.15) is 5.26 Å². The number of anilines is 1. The first kappa shape index (κ1) is 13.4. The molecule has 0 heterocycles. The number of aliphatic hydroxyl groups is 1. The zero-order chi connectivity index (χ0) is 13.0. The minimum Gasteiger partial charge on any atom is -0.394 e. The normalized spacial score (nSPS) is 18.1. The van der Waals surface area contributed by atoms with Gasteiger partial charge in [-0.3, -0.25) is 0 Å². The molecule has 4 heteroatoms. The molecule has 1 aromatic carbocycles. The molecule has 18 heavy (non-hydrogen) atoms. The largest absolute Gasteiger partial charge is 0.394 e. The predicted molar refractivity (Wildman–Crippen MR) is 75.4 cm³/mol. The second-order valence-electron chi connectivity index (χ2n) is 4.93. The zero-order valence-electron chi connectivity index (χ0n) is 10.2. The summed E-state index contributed by atoms with van der Waals surface area (Å²) in [6, 6.07) is 7.81. The smallest absolute Gasteiger partial charge is 0.101 e.